The van der Waals surface area contributed by atoms with E-state index in [-0.39, 0.29) is 0 Å². The minimum Gasteiger partial charge on any atom is -0.411 e. The van der Waals surface area contributed by atoms with Gasteiger partial charge in [0.1, 0.15) is 0 Å². The molecule has 0 aliphatic carbocycles. The van der Waals surface area contributed by atoms with Crippen molar-refractivity contribution in [1.29, 1.82) is 0 Å². The molecule has 0 aliphatic rings. The quantitative estimate of drug-likeness (QED) is 0.280. The highest BCUT2D eigenvalue weighted by atomic mass is 16.4. The van der Waals surface area contributed by atoms with E-state index in [4.69, 9.17) is 11.8 Å². The van der Waals surface area contributed by atoms with E-state index < -0.39 is 0 Å². The van der Waals surface area contributed by atoms with Gasteiger partial charge in [-0.1, -0.05) is 29.4 Å². The third-order valence-corrected chi connectivity index (χ3v) is 1.23. The zero-order valence-electron chi connectivity index (χ0n) is 5.73. The zero-order valence-corrected chi connectivity index (χ0v) is 5.73. The van der Waals surface area contributed by atoms with Crippen LogP contribution in [0.2, 0.25) is 0 Å². The molecule has 1 N–H and O–H groups in total. The summed E-state index contributed by atoms with van der Waals surface area (Å²) in [4.78, 5) is 3.21. The van der Waals surface area contributed by atoms with Gasteiger partial charge in [-0.3, -0.25) is 0 Å². The third kappa shape index (κ3) is 1.80. The molecule has 0 unspecified atom stereocenters. The largest absolute Gasteiger partial charge is 0.411 e. The summed E-state index contributed by atoms with van der Waals surface area (Å²) in [6, 6.07) is 6.77. The average molecular weight is 146 g/mol. The van der Waals surface area contributed by atoms with Gasteiger partial charge >= 0.3 is 0 Å². The van der Waals surface area contributed by atoms with Crippen molar-refractivity contribution >= 4 is 11.9 Å². The number of hydrogen-bond donors (Lipinski definition) is 1. The molecule has 0 spiro atoms. The lowest BCUT2D eigenvalue weighted by Crippen LogP contribution is -1.77. The predicted molar refractivity (Wildman–Crippen MR) is 42.1 cm³/mol. The molecule has 11 heavy (non-hydrogen) atoms. The summed E-state index contributed by atoms with van der Waals surface area (Å²) in [5.41, 5.74) is 1.36. The SMILES string of the molecule is [C-]#[N+]c1ccc(/C=N/O)cc1. The van der Waals surface area contributed by atoms with Gasteiger partial charge < -0.3 is 5.21 Å². The van der Waals surface area contributed by atoms with Crippen LogP contribution in [-0.2, 0) is 0 Å². The second-order valence-electron chi connectivity index (χ2n) is 1.95. The predicted octanol–water partition coefficient (Wildman–Crippen LogP) is 2.05. The molecule has 0 amide bonds. The molecule has 3 heteroatoms. The normalized spacial score (nSPS) is 9.73. The first-order valence-electron chi connectivity index (χ1n) is 3.02. The van der Waals surface area contributed by atoms with Gasteiger partial charge in [0.05, 0.1) is 12.8 Å². The van der Waals surface area contributed by atoms with Gasteiger partial charge in [-0.2, -0.15) is 0 Å². The molecule has 0 aliphatic heterocycles. The van der Waals surface area contributed by atoms with Crippen LogP contribution in [0.3, 0.4) is 0 Å². The molecule has 0 saturated carbocycles. The highest BCUT2D eigenvalue weighted by molar-refractivity contribution is 5.79. The van der Waals surface area contributed by atoms with Crippen molar-refractivity contribution in [3.05, 3.63) is 41.2 Å². The maximum Gasteiger partial charge on any atom is 0.187 e. The summed E-state index contributed by atoms with van der Waals surface area (Å²) >= 11 is 0. The molecular formula is C8H6N2O. The molecule has 1 rings (SSSR count). The first-order valence-corrected chi connectivity index (χ1v) is 3.02. The lowest BCUT2D eigenvalue weighted by molar-refractivity contribution is 0.322. The highest BCUT2D eigenvalue weighted by Gasteiger charge is 1.88. The molecule has 54 valence electrons. The van der Waals surface area contributed by atoms with Gasteiger partial charge in [-0.05, 0) is 5.56 Å². The molecule has 3 nitrogen and oxygen atoms in total. The second kappa shape index (κ2) is 3.37. The van der Waals surface area contributed by atoms with E-state index in [9.17, 15) is 0 Å². The molecule has 0 aromatic heterocycles. The standard InChI is InChI=1S/C8H6N2O/c1-9-8-4-2-7(3-5-8)6-10-11/h2-6,11H/b10-6+. The van der Waals surface area contributed by atoms with Crippen LogP contribution in [0.1, 0.15) is 5.56 Å². The maximum atomic E-state index is 8.16. The summed E-state index contributed by atoms with van der Waals surface area (Å²) in [5, 5.41) is 11.0. The van der Waals surface area contributed by atoms with E-state index in [1.54, 1.807) is 24.3 Å². The van der Waals surface area contributed by atoms with E-state index in [2.05, 4.69) is 10.0 Å². The van der Waals surface area contributed by atoms with E-state index in [1.165, 1.54) is 6.21 Å². The Kier molecular flexibility index (Phi) is 2.24. The van der Waals surface area contributed by atoms with Crippen LogP contribution in [0.5, 0.6) is 0 Å². The lowest BCUT2D eigenvalue weighted by Gasteiger charge is -1.89. The van der Waals surface area contributed by atoms with Crippen molar-refractivity contribution in [3.8, 4) is 0 Å². The molecule has 0 fully saturated rings. The van der Waals surface area contributed by atoms with Gasteiger partial charge in [0.25, 0.3) is 0 Å². The monoisotopic (exact) mass is 146 g/mol. The number of rotatable bonds is 1. The fraction of sp³-hybridized carbons (Fsp3) is 0. The van der Waals surface area contributed by atoms with Crippen molar-refractivity contribution in [1.82, 2.24) is 0 Å². The molecule has 0 heterocycles. The highest BCUT2D eigenvalue weighted by Crippen LogP contribution is 2.10. The van der Waals surface area contributed by atoms with Crippen molar-refractivity contribution in [2.24, 2.45) is 5.16 Å². The summed E-state index contributed by atoms with van der Waals surface area (Å²) in [6.07, 6.45) is 1.31. The zero-order chi connectivity index (χ0) is 8.10. The van der Waals surface area contributed by atoms with Gasteiger partial charge in [-0.15, -0.1) is 0 Å². The van der Waals surface area contributed by atoms with Crippen molar-refractivity contribution in [3.63, 3.8) is 0 Å². The Morgan fingerprint density at radius 3 is 2.45 bits per heavy atom. The molecule has 0 bridgehead atoms. The number of nitrogens with zero attached hydrogens (tertiary/aromatic N) is 2. The van der Waals surface area contributed by atoms with Crippen molar-refractivity contribution in [2.45, 2.75) is 0 Å². The summed E-state index contributed by atoms with van der Waals surface area (Å²) in [7, 11) is 0. The average Bonchev–Trinajstić information content (AvgIpc) is 2.07. The molecule has 0 atom stereocenters. The molecule has 0 saturated heterocycles. The first kappa shape index (κ1) is 7.29. The van der Waals surface area contributed by atoms with Crippen LogP contribution in [0, 0.1) is 6.57 Å². The third-order valence-electron chi connectivity index (χ3n) is 1.23. The van der Waals surface area contributed by atoms with Gasteiger partial charge in [-0.25, -0.2) is 4.85 Å². The van der Waals surface area contributed by atoms with Gasteiger partial charge in [0, 0.05) is 0 Å². The fourth-order valence-corrected chi connectivity index (χ4v) is 0.702. The minimum atomic E-state index is 0.583. The molecule has 1 aromatic carbocycles. The fourth-order valence-electron chi connectivity index (χ4n) is 0.702. The lowest BCUT2D eigenvalue weighted by atomic mass is 10.2. The molecular weight excluding hydrogens is 140 g/mol. The first-order chi connectivity index (χ1) is 5.36. The van der Waals surface area contributed by atoms with E-state index in [0.717, 1.165) is 5.56 Å². The maximum absolute atomic E-state index is 8.16. The minimum absolute atomic E-state index is 0.583. The Labute approximate surface area is 64.4 Å². The van der Waals surface area contributed by atoms with Crippen LogP contribution in [0.25, 0.3) is 4.85 Å². The summed E-state index contributed by atoms with van der Waals surface area (Å²) in [6.45, 7) is 6.66. The topological polar surface area (TPSA) is 37.0 Å². The number of hydrogen-bond acceptors (Lipinski definition) is 2. The van der Waals surface area contributed by atoms with Gasteiger partial charge in [0.15, 0.2) is 5.69 Å². The molecule has 0 radical (unpaired) electrons. The number of benzene rings is 1. The Morgan fingerprint density at radius 2 is 2.00 bits per heavy atom. The Bertz CT molecular complexity index is 295. The van der Waals surface area contributed by atoms with E-state index in [0.29, 0.717) is 5.69 Å². The van der Waals surface area contributed by atoms with Crippen LogP contribution in [0.4, 0.5) is 5.69 Å². The van der Waals surface area contributed by atoms with Crippen LogP contribution < -0.4 is 0 Å². The summed E-state index contributed by atoms with van der Waals surface area (Å²) in [5.74, 6) is 0. The van der Waals surface area contributed by atoms with Gasteiger partial charge in [0.2, 0.25) is 0 Å². The van der Waals surface area contributed by atoms with Crippen LogP contribution in [-0.4, -0.2) is 11.4 Å². The Balaban J connectivity index is 2.94. The Hall–Kier alpha value is -1.82. The van der Waals surface area contributed by atoms with Crippen molar-refractivity contribution in [2.75, 3.05) is 0 Å². The van der Waals surface area contributed by atoms with Crippen molar-refractivity contribution < 1.29 is 5.21 Å². The smallest absolute Gasteiger partial charge is 0.187 e. The van der Waals surface area contributed by atoms with E-state index >= 15 is 0 Å². The molecule has 1 aromatic rings. The van der Waals surface area contributed by atoms with Crippen LogP contribution in [0.15, 0.2) is 29.4 Å². The Morgan fingerprint density at radius 1 is 1.36 bits per heavy atom. The van der Waals surface area contributed by atoms with Crippen LogP contribution >= 0.6 is 0 Å². The second-order valence-corrected chi connectivity index (χ2v) is 1.95. The summed E-state index contributed by atoms with van der Waals surface area (Å²) < 4.78 is 0. The number of oxime groups is 1. The van der Waals surface area contributed by atoms with E-state index in [1.807, 2.05) is 0 Å².